The number of hydrogen-bond donors (Lipinski definition) is 2. The maximum Gasteiger partial charge on any atom is 0.307 e. The third kappa shape index (κ3) is 3.02. The molecule has 2 rings (SSSR count). The van der Waals surface area contributed by atoms with Crippen molar-refractivity contribution in [1.29, 1.82) is 0 Å². The number of carbonyl (C=O) groups excluding carboxylic acids is 1. The van der Waals surface area contributed by atoms with Crippen molar-refractivity contribution in [2.24, 2.45) is 11.8 Å². The SMILES string of the molecule is CC(C)(NC(=O)C1CCC1C(=O)O)c1cccc(Cl)c1F. The van der Waals surface area contributed by atoms with Crippen LogP contribution < -0.4 is 5.32 Å². The molecule has 1 aliphatic rings. The molecule has 0 bridgehead atoms. The minimum absolute atomic E-state index is 0.0121. The van der Waals surface area contributed by atoms with E-state index in [1.807, 2.05) is 0 Å². The highest BCUT2D eigenvalue weighted by Gasteiger charge is 2.43. The predicted octanol–water partition coefficient (Wildman–Crippen LogP) is 2.94. The molecule has 0 spiro atoms. The lowest BCUT2D eigenvalue weighted by molar-refractivity contribution is -0.153. The zero-order valence-electron chi connectivity index (χ0n) is 11.8. The van der Waals surface area contributed by atoms with E-state index in [1.54, 1.807) is 26.0 Å². The van der Waals surface area contributed by atoms with E-state index in [0.717, 1.165) is 0 Å². The number of carboxylic acids is 1. The van der Waals surface area contributed by atoms with Crippen LogP contribution in [0.25, 0.3) is 0 Å². The van der Waals surface area contributed by atoms with Gasteiger partial charge in [0.2, 0.25) is 5.91 Å². The number of rotatable bonds is 4. The quantitative estimate of drug-likeness (QED) is 0.898. The Morgan fingerprint density at radius 3 is 2.48 bits per heavy atom. The van der Waals surface area contributed by atoms with Crippen LogP contribution in [0.5, 0.6) is 0 Å². The van der Waals surface area contributed by atoms with Crippen molar-refractivity contribution in [2.45, 2.75) is 32.2 Å². The first-order valence-electron chi connectivity index (χ1n) is 6.73. The molecule has 0 aliphatic heterocycles. The molecule has 1 amide bonds. The summed E-state index contributed by atoms with van der Waals surface area (Å²) in [6.07, 6.45) is 1.04. The number of carboxylic acid groups (broad SMARTS) is 1. The van der Waals surface area contributed by atoms with Gasteiger partial charge in [0.15, 0.2) is 0 Å². The first-order chi connectivity index (χ1) is 9.74. The van der Waals surface area contributed by atoms with Crippen molar-refractivity contribution in [3.63, 3.8) is 0 Å². The van der Waals surface area contributed by atoms with E-state index in [0.29, 0.717) is 12.8 Å². The van der Waals surface area contributed by atoms with Crippen LogP contribution in [0.4, 0.5) is 4.39 Å². The average molecular weight is 314 g/mol. The van der Waals surface area contributed by atoms with Crippen LogP contribution in [0, 0.1) is 17.7 Å². The molecule has 0 saturated heterocycles. The summed E-state index contributed by atoms with van der Waals surface area (Å²) in [5.74, 6) is -3.10. The zero-order valence-corrected chi connectivity index (χ0v) is 12.6. The van der Waals surface area contributed by atoms with Gasteiger partial charge in [0.25, 0.3) is 0 Å². The maximum atomic E-state index is 14.1. The molecule has 1 aliphatic carbocycles. The Balaban J connectivity index is 2.16. The fourth-order valence-corrected chi connectivity index (χ4v) is 2.74. The minimum atomic E-state index is -0.968. The molecule has 6 heteroatoms. The van der Waals surface area contributed by atoms with Crippen molar-refractivity contribution >= 4 is 23.5 Å². The highest BCUT2D eigenvalue weighted by Crippen LogP contribution is 2.36. The molecule has 2 atom stereocenters. The molecule has 1 aromatic rings. The smallest absolute Gasteiger partial charge is 0.307 e. The maximum absolute atomic E-state index is 14.1. The van der Waals surface area contributed by atoms with E-state index in [2.05, 4.69) is 5.32 Å². The van der Waals surface area contributed by atoms with Crippen LogP contribution in [0.15, 0.2) is 18.2 Å². The lowest BCUT2D eigenvalue weighted by atomic mass is 9.72. The highest BCUT2D eigenvalue weighted by molar-refractivity contribution is 6.30. The Morgan fingerprint density at radius 1 is 1.33 bits per heavy atom. The number of hydrogen-bond acceptors (Lipinski definition) is 2. The third-order valence-corrected chi connectivity index (χ3v) is 4.28. The van der Waals surface area contributed by atoms with Gasteiger partial charge in [-0.1, -0.05) is 23.7 Å². The van der Waals surface area contributed by atoms with Gasteiger partial charge < -0.3 is 10.4 Å². The van der Waals surface area contributed by atoms with Crippen LogP contribution >= 0.6 is 11.6 Å². The second-order valence-corrected chi connectivity index (χ2v) is 6.25. The molecule has 1 saturated carbocycles. The summed E-state index contributed by atoms with van der Waals surface area (Å²) < 4.78 is 14.1. The third-order valence-electron chi connectivity index (χ3n) is 3.99. The molecule has 1 aromatic carbocycles. The van der Waals surface area contributed by atoms with Gasteiger partial charge in [-0.25, -0.2) is 4.39 Å². The minimum Gasteiger partial charge on any atom is -0.481 e. The molecule has 114 valence electrons. The summed E-state index contributed by atoms with van der Waals surface area (Å²) in [5.41, 5.74) is -0.695. The molecule has 0 heterocycles. The van der Waals surface area contributed by atoms with Gasteiger partial charge in [-0.2, -0.15) is 0 Å². The lowest BCUT2D eigenvalue weighted by Crippen LogP contribution is -2.50. The van der Waals surface area contributed by atoms with E-state index >= 15 is 0 Å². The first kappa shape index (κ1) is 15.8. The number of benzene rings is 1. The second kappa shape index (κ2) is 5.64. The summed E-state index contributed by atoms with van der Waals surface area (Å²) in [5, 5.41) is 11.7. The Labute approximate surface area is 127 Å². The van der Waals surface area contributed by atoms with Crippen molar-refractivity contribution in [3.8, 4) is 0 Å². The second-order valence-electron chi connectivity index (χ2n) is 5.84. The highest BCUT2D eigenvalue weighted by atomic mass is 35.5. The zero-order chi connectivity index (χ0) is 15.8. The molecular formula is C15H17ClFNO3. The molecule has 0 radical (unpaired) electrons. The Hall–Kier alpha value is -1.62. The summed E-state index contributed by atoms with van der Waals surface area (Å²) in [4.78, 5) is 23.2. The van der Waals surface area contributed by atoms with Crippen LogP contribution in [-0.2, 0) is 15.1 Å². The topological polar surface area (TPSA) is 66.4 Å². The molecule has 4 nitrogen and oxygen atoms in total. The first-order valence-corrected chi connectivity index (χ1v) is 7.11. The van der Waals surface area contributed by atoms with E-state index in [1.165, 1.54) is 6.07 Å². The molecule has 0 aromatic heterocycles. The van der Waals surface area contributed by atoms with Gasteiger partial charge in [-0.05, 0) is 32.8 Å². The summed E-state index contributed by atoms with van der Waals surface area (Å²) in [6.45, 7) is 3.32. The molecule has 2 N–H and O–H groups in total. The van der Waals surface area contributed by atoms with Gasteiger partial charge in [0.1, 0.15) is 5.82 Å². The Bertz CT molecular complexity index is 588. The van der Waals surface area contributed by atoms with Crippen LogP contribution in [-0.4, -0.2) is 17.0 Å². The van der Waals surface area contributed by atoms with E-state index in [4.69, 9.17) is 16.7 Å². The normalized spacial score (nSPS) is 21.5. The lowest BCUT2D eigenvalue weighted by Gasteiger charge is -2.36. The number of nitrogens with one attached hydrogen (secondary N) is 1. The fraction of sp³-hybridized carbons (Fsp3) is 0.467. The average Bonchev–Trinajstić information content (AvgIpc) is 2.29. The molecule has 2 unspecified atom stereocenters. The Morgan fingerprint density at radius 2 is 1.95 bits per heavy atom. The largest absolute Gasteiger partial charge is 0.481 e. The number of amides is 1. The van der Waals surface area contributed by atoms with Gasteiger partial charge in [0.05, 0.1) is 22.4 Å². The van der Waals surface area contributed by atoms with E-state index < -0.39 is 29.2 Å². The summed E-state index contributed by atoms with van der Waals surface area (Å²) in [7, 11) is 0. The van der Waals surface area contributed by atoms with Crippen LogP contribution in [0.2, 0.25) is 5.02 Å². The standard InChI is InChI=1S/C15H17ClFNO3/c1-15(2,10-4-3-5-11(16)12(10)17)18-13(19)8-6-7-9(8)14(20)21/h3-5,8-9H,6-7H2,1-2H3,(H,18,19)(H,20,21). The molecule has 21 heavy (non-hydrogen) atoms. The van der Waals surface area contributed by atoms with Gasteiger partial charge in [-0.15, -0.1) is 0 Å². The van der Waals surface area contributed by atoms with Crippen molar-refractivity contribution < 1.29 is 19.1 Å². The van der Waals surface area contributed by atoms with Gasteiger partial charge >= 0.3 is 5.97 Å². The van der Waals surface area contributed by atoms with Gasteiger partial charge in [0, 0.05) is 5.56 Å². The Kier molecular flexibility index (Phi) is 4.23. The van der Waals surface area contributed by atoms with Crippen LogP contribution in [0.3, 0.4) is 0 Å². The monoisotopic (exact) mass is 313 g/mol. The number of aliphatic carboxylic acids is 1. The summed E-state index contributed by atoms with van der Waals surface area (Å²) in [6, 6.07) is 4.60. The summed E-state index contributed by atoms with van der Waals surface area (Å²) >= 11 is 5.76. The predicted molar refractivity (Wildman–Crippen MR) is 76.4 cm³/mol. The van der Waals surface area contributed by atoms with E-state index in [-0.39, 0.29) is 16.5 Å². The molecular weight excluding hydrogens is 297 g/mol. The van der Waals surface area contributed by atoms with Crippen LogP contribution in [0.1, 0.15) is 32.3 Å². The van der Waals surface area contributed by atoms with Gasteiger partial charge in [-0.3, -0.25) is 9.59 Å². The van der Waals surface area contributed by atoms with E-state index in [9.17, 15) is 14.0 Å². The van der Waals surface area contributed by atoms with Crippen molar-refractivity contribution in [2.75, 3.05) is 0 Å². The number of carbonyl (C=O) groups is 2. The van der Waals surface area contributed by atoms with Crippen molar-refractivity contribution in [1.82, 2.24) is 5.32 Å². The fourth-order valence-electron chi connectivity index (χ4n) is 2.56. The molecule has 1 fully saturated rings. The number of halogens is 2. The van der Waals surface area contributed by atoms with Crippen molar-refractivity contribution in [3.05, 3.63) is 34.6 Å².